The van der Waals surface area contributed by atoms with Gasteiger partial charge in [0.05, 0.1) is 23.5 Å². The van der Waals surface area contributed by atoms with Gasteiger partial charge in [0, 0.05) is 86.0 Å². The number of likely N-dealkylation sites (tertiary alicyclic amines) is 4. The van der Waals surface area contributed by atoms with Crippen molar-refractivity contribution in [3.8, 4) is 0 Å². The van der Waals surface area contributed by atoms with Crippen molar-refractivity contribution in [2.75, 3.05) is 26.2 Å². The molecule has 2 N–H and O–H groups in total. The number of rotatable bonds is 24. The molecule has 0 bridgehead atoms. The fourth-order valence-corrected chi connectivity index (χ4v) is 23.6. The standard InChI is InChI=1S/2C21H20F3N3O2S2.2C18H19F2N5O2S2/c2*22-16-6-7-27(19(9-16)14-4-2-1-3-5-14)11-15-8-18(24)20(10-17(15)23)31(28,29)12-21-25-13-26-30-21;2*19-13-8-17(29(26,27)10-18-21-11-23-28-18)14(20)7-12(13)9-25-6-2-1-3-16(25)15-4-5-22-24-15/h2*1-5,8,10,13,16,19H,6-7,9,11-12H2;2*4-5,7-8,11,16H,1-3,6,9-10H2,(H,22,24)/t2*16-,19+;2*16-/m1010/s1. The molecule has 4 aliphatic rings. The normalized spacial score (nSPS) is 19.2. The second kappa shape index (κ2) is 39.8. The number of nitrogens with one attached hydrogen (secondary N) is 2. The smallest absolute Gasteiger partial charge is 0.187 e. The van der Waals surface area contributed by atoms with E-state index in [4.69, 9.17) is 0 Å². The Morgan fingerprint density at radius 3 is 0.883 bits per heavy atom. The van der Waals surface area contributed by atoms with Crippen LogP contribution in [0.2, 0.25) is 0 Å². The SMILES string of the molecule is O=S(=O)(Cc1ncns1)c1cc(F)c(CN2CCCC[C@@H]2c2ccn[nH]2)cc1F.O=S(=O)(Cc1ncns1)c1cc(F)c(CN2CCCC[C@H]2c2ccn[nH]2)cc1F.O=S(=O)(Cc1ncns1)c1cc(F)c(CN2CC[C@@H](F)C[C@H]2c2ccccc2)cc1F.O=S(=O)(Cc1ncns1)c1cc(F)c(CN2CC[C@H](F)C[C@@H]2c2ccccc2)cc1F. The Balaban J connectivity index is 0.000000138. The summed E-state index contributed by atoms with van der Waals surface area (Å²) in [6, 6.07) is 28.8. The van der Waals surface area contributed by atoms with Crippen molar-refractivity contribution in [2.45, 2.75) is 169 Å². The number of sulfone groups is 4. The van der Waals surface area contributed by atoms with Crippen LogP contribution in [-0.2, 0) is 88.5 Å². The maximum Gasteiger partial charge on any atom is 0.187 e. The highest BCUT2D eigenvalue weighted by molar-refractivity contribution is 7.91. The van der Waals surface area contributed by atoms with E-state index in [0.717, 1.165) is 169 Å². The highest BCUT2D eigenvalue weighted by Crippen LogP contribution is 2.40. The van der Waals surface area contributed by atoms with Crippen LogP contribution in [-0.4, -0.2) is 150 Å². The number of nitrogens with zero attached hydrogens (tertiary/aromatic N) is 14. The molecule has 0 unspecified atom stereocenters. The molecule has 10 heterocycles. The molecule has 16 rings (SSSR count). The van der Waals surface area contributed by atoms with Gasteiger partial charge >= 0.3 is 0 Å². The first-order chi connectivity index (χ1) is 57.5. The number of hydrogen-bond acceptors (Lipinski definition) is 26. The third-order valence-electron chi connectivity index (χ3n) is 20.8. The molecule has 0 saturated carbocycles. The lowest BCUT2D eigenvalue weighted by atomic mass is 9.93. The number of hydrogen-bond donors (Lipinski definition) is 2. The van der Waals surface area contributed by atoms with Gasteiger partial charge in [0.2, 0.25) is 0 Å². The molecule has 636 valence electrons. The van der Waals surface area contributed by atoms with Crippen LogP contribution in [0.25, 0.3) is 0 Å². The highest BCUT2D eigenvalue weighted by atomic mass is 32.2. The number of alkyl halides is 2. The summed E-state index contributed by atoms with van der Waals surface area (Å²) in [7, 11) is -16.4. The van der Waals surface area contributed by atoms with Gasteiger partial charge in [0.1, 0.15) is 147 Å². The molecule has 4 saturated heterocycles. The average Bonchev–Trinajstić information content (AvgIpc) is 1.05. The Labute approximate surface area is 701 Å². The van der Waals surface area contributed by atoms with E-state index in [-0.39, 0.29) is 105 Å². The maximum atomic E-state index is 14.8. The van der Waals surface area contributed by atoms with Gasteiger partial charge < -0.3 is 0 Å². The van der Waals surface area contributed by atoms with Gasteiger partial charge in [-0.25, -0.2) is 97.5 Å². The number of aromatic nitrogens is 12. The van der Waals surface area contributed by atoms with E-state index in [1.165, 1.54) is 25.3 Å². The summed E-state index contributed by atoms with van der Waals surface area (Å²) >= 11 is 3.59. The molecular weight excluding hydrogens is 1740 g/mol. The van der Waals surface area contributed by atoms with E-state index in [1.54, 1.807) is 12.4 Å². The predicted octanol–water partition coefficient (Wildman–Crippen LogP) is 15.4. The van der Waals surface area contributed by atoms with Gasteiger partial charge in [0.25, 0.3) is 0 Å². The van der Waals surface area contributed by atoms with Gasteiger partial charge in [-0.1, -0.05) is 73.5 Å². The second-order valence-corrected chi connectivity index (χ2v) is 40.2. The van der Waals surface area contributed by atoms with Crippen molar-refractivity contribution < 1.29 is 77.6 Å². The largest absolute Gasteiger partial charge is 0.292 e. The molecule has 12 aromatic rings. The van der Waals surface area contributed by atoms with Crippen LogP contribution in [0.5, 0.6) is 0 Å². The predicted molar refractivity (Wildman–Crippen MR) is 427 cm³/mol. The first-order valence-electron chi connectivity index (χ1n) is 37.7. The van der Waals surface area contributed by atoms with Crippen LogP contribution in [0.1, 0.15) is 153 Å². The summed E-state index contributed by atoms with van der Waals surface area (Å²) in [6.07, 6.45) is 13.2. The average molecular weight is 1810 g/mol. The van der Waals surface area contributed by atoms with Crippen LogP contribution < -0.4 is 0 Å². The van der Waals surface area contributed by atoms with E-state index in [2.05, 4.69) is 67.6 Å². The lowest BCUT2D eigenvalue weighted by Gasteiger charge is -2.37. The summed E-state index contributed by atoms with van der Waals surface area (Å²) in [5.74, 6) is -9.17. The third-order valence-corrected chi connectivity index (χ3v) is 30.7. The van der Waals surface area contributed by atoms with Gasteiger partial charge in [-0.3, -0.25) is 29.8 Å². The number of piperidine rings is 4. The van der Waals surface area contributed by atoms with Crippen molar-refractivity contribution in [1.82, 2.24) is 77.4 Å². The van der Waals surface area contributed by atoms with Gasteiger partial charge in [-0.2, -0.15) is 27.7 Å². The van der Waals surface area contributed by atoms with E-state index in [9.17, 15) is 77.6 Å². The molecular formula is C78H78F10N16O8S8. The summed E-state index contributed by atoms with van der Waals surface area (Å²) < 4.78 is 261. The molecule has 0 spiro atoms. The van der Waals surface area contributed by atoms with Crippen LogP contribution in [0.15, 0.2) is 179 Å². The molecule has 4 fully saturated rings. The molecule has 6 aromatic carbocycles. The summed E-state index contributed by atoms with van der Waals surface area (Å²) in [5.41, 5.74) is 4.00. The molecule has 0 amide bonds. The van der Waals surface area contributed by atoms with Crippen LogP contribution in [0.3, 0.4) is 0 Å². The Morgan fingerprint density at radius 2 is 0.625 bits per heavy atom. The minimum Gasteiger partial charge on any atom is -0.292 e. The lowest BCUT2D eigenvalue weighted by molar-refractivity contribution is 0.0824. The van der Waals surface area contributed by atoms with Gasteiger partial charge in [-0.05, 0) is 182 Å². The second-order valence-electron chi connectivity index (χ2n) is 28.9. The van der Waals surface area contributed by atoms with E-state index in [1.807, 2.05) is 82.6 Å². The lowest BCUT2D eigenvalue weighted by Crippen LogP contribution is -2.37. The van der Waals surface area contributed by atoms with Crippen molar-refractivity contribution in [1.29, 1.82) is 0 Å². The van der Waals surface area contributed by atoms with E-state index in [0.29, 0.717) is 25.9 Å². The molecule has 42 heteroatoms. The summed E-state index contributed by atoms with van der Waals surface area (Å²) in [4.78, 5) is 20.4. The number of halogens is 10. The van der Waals surface area contributed by atoms with Gasteiger partial charge in [-0.15, -0.1) is 0 Å². The van der Waals surface area contributed by atoms with Crippen LogP contribution >= 0.6 is 46.1 Å². The van der Waals surface area contributed by atoms with Crippen molar-refractivity contribution in [3.63, 3.8) is 0 Å². The first kappa shape index (κ1) is 88.7. The number of aromatic amines is 2. The first-order valence-corrected chi connectivity index (χ1v) is 47.4. The fraction of sp³-hybridized carbons (Fsp3) is 0.359. The third kappa shape index (κ3) is 22.6. The minimum atomic E-state index is -4.12. The molecule has 120 heavy (non-hydrogen) atoms. The molecule has 6 aromatic heterocycles. The van der Waals surface area contributed by atoms with Crippen LogP contribution in [0.4, 0.5) is 43.9 Å². The zero-order valence-corrected chi connectivity index (χ0v) is 70.1. The maximum absolute atomic E-state index is 14.8. The molecule has 0 radical (unpaired) electrons. The molecule has 4 aliphatic heterocycles. The summed E-state index contributed by atoms with van der Waals surface area (Å²) in [6.45, 7) is 2.71. The van der Waals surface area contributed by atoms with Crippen molar-refractivity contribution in [2.24, 2.45) is 0 Å². The zero-order valence-electron chi connectivity index (χ0n) is 63.6. The van der Waals surface area contributed by atoms with Crippen molar-refractivity contribution >= 4 is 85.5 Å². The van der Waals surface area contributed by atoms with Gasteiger partial charge in [0.15, 0.2) is 39.3 Å². The number of H-pyrrole nitrogens is 2. The Bertz CT molecular complexity index is 5500. The summed E-state index contributed by atoms with van der Waals surface area (Å²) in [5, 5.41) is 14.7. The molecule has 0 aliphatic carbocycles. The molecule has 24 nitrogen and oxygen atoms in total. The van der Waals surface area contributed by atoms with Crippen molar-refractivity contribution in [3.05, 3.63) is 270 Å². The van der Waals surface area contributed by atoms with E-state index >= 15 is 0 Å². The monoisotopic (exact) mass is 1810 g/mol. The zero-order chi connectivity index (χ0) is 84.9. The van der Waals surface area contributed by atoms with Crippen LogP contribution in [0, 0.1) is 46.5 Å². The quantitative estimate of drug-likeness (QED) is 0.0531. The van der Waals surface area contributed by atoms with E-state index < -0.39 is 141 Å². The molecule has 6 atom stereocenters. The number of benzene rings is 6. The Hall–Kier alpha value is -9.08. The fourth-order valence-electron chi connectivity index (χ4n) is 14.9. The Morgan fingerprint density at radius 1 is 0.342 bits per heavy atom. The topological polar surface area (TPSA) is 310 Å². The highest BCUT2D eigenvalue weighted by Gasteiger charge is 2.36. The Kier molecular flexibility index (Phi) is 29.4. The minimum absolute atomic E-state index is 0.0330.